The van der Waals surface area contributed by atoms with Crippen molar-refractivity contribution in [3.63, 3.8) is 0 Å². The molecule has 1 aliphatic carbocycles. The van der Waals surface area contributed by atoms with E-state index in [-0.39, 0.29) is 41.8 Å². The van der Waals surface area contributed by atoms with Crippen molar-refractivity contribution >= 4 is 23.5 Å². The number of Topliss-reactive ketones (excluding diaryl/α,β-unsaturated/α-hetero) is 1. The van der Waals surface area contributed by atoms with Gasteiger partial charge >= 0.3 is 6.09 Å². The van der Waals surface area contributed by atoms with E-state index in [0.29, 0.717) is 36.9 Å². The second kappa shape index (κ2) is 9.56. The zero-order valence-corrected chi connectivity index (χ0v) is 18.1. The Labute approximate surface area is 189 Å². The van der Waals surface area contributed by atoms with Crippen LogP contribution in [0.1, 0.15) is 53.2 Å². The van der Waals surface area contributed by atoms with Gasteiger partial charge in [-0.25, -0.2) is 13.6 Å². The van der Waals surface area contributed by atoms with Crippen LogP contribution in [0.4, 0.5) is 19.3 Å². The van der Waals surface area contributed by atoms with Gasteiger partial charge < -0.3 is 20.1 Å². The summed E-state index contributed by atoms with van der Waals surface area (Å²) in [4.78, 5) is 36.5. The molecule has 0 unspecified atom stereocenters. The topological polar surface area (TPSA) is 93.7 Å². The highest BCUT2D eigenvalue weighted by Gasteiger charge is 2.31. The zero-order chi connectivity index (χ0) is 23.5. The Morgan fingerprint density at radius 3 is 2.67 bits per heavy atom. The van der Waals surface area contributed by atoms with Crippen LogP contribution in [0.2, 0.25) is 0 Å². The molecule has 2 atom stereocenters. The molecule has 0 bridgehead atoms. The SMILES string of the molecule is Cc1cc(NC(=O)c2ccc(F)c3c2OCC[C@@H]3NC(=O)OC[C@@H]2CCC(=O)C2)ccc1F. The fourth-order valence-electron chi connectivity index (χ4n) is 4.13. The molecule has 1 saturated carbocycles. The quantitative estimate of drug-likeness (QED) is 0.691. The predicted octanol–water partition coefficient (Wildman–Crippen LogP) is 4.44. The number of alkyl carbamates (subject to hydrolysis) is 1. The first-order valence-electron chi connectivity index (χ1n) is 10.8. The van der Waals surface area contributed by atoms with Crippen LogP contribution in [0.3, 0.4) is 0 Å². The summed E-state index contributed by atoms with van der Waals surface area (Å²) < 4.78 is 39.1. The molecule has 9 heteroatoms. The summed E-state index contributed by atoms with van der Waals surface area (Å²) in [5.74, 6) is -1.35. The highest BCUT2D eigenvalue weighted by molar-refractivity contribution is 6.06. The highest BCUT2D eigenvalue weighted by atomic mass is 19.1. The van der Waals surface area contributed by atoms with E-state index >= 15 is 0 Å². The minimum Gasteiger partial charge on any atom is -0.492 e. The van der Waals surface area contributed by atoms with Crippen LogP contribution in [0, 0.1) is 24.5 Å². The summed E-state index contributed by atoms with van der Waals surface area (Å²) in [6, 6.07) is 5.86. The van der Waals surface area contributed by atoms with Crippen LogP contribution in [0.5, 0.6) is 5.75 Å². The van der Waals surface area contributed by atoms with Gasteiger partial charge in [0.1, 0.15) is 23.2 Å². The second-order valence-electron chi connectivity index (χ2n) is 8.34. The molecule has 2 aromatic carbocycles. The Hall–Kier alpha value is -3.49. The molecular weight excluding hydrogens is 434 g/mol. The first-order valence-corrected chi connectivity index (χ1v) is 10.8. The first-order chi connectivity index (χ1) is 15.8. The minimum absolute atomic E-state index is 0.00681. The van der Waals surface area contributed by atoms with E-state index in [1.807, 2.05) is 0 Å². The number of ether oxygens (including phenoxy) is 2. The number of ketones is 1. The normalized spacial score (nSPS) is 19.4. The minimum atomic E-state index is -0.743. The Balaban J connectivity index is 1.48. The average Bonchev–Trinajstić information content (AvgIpc) is 3.20. The van der Waals surface area contributed by atoms with Gasteiger partial charge in [-0.2, -0.15) is 0 Å². The summed E-state index contributed by atoms with van der Waals surface area (Å²) in [6.07, 6.45) is 1.16. The third-order valence-corrected chi connectivity index (χ3v) is 5.89. The molecule has 2 N–H and O–H groups in total. The Morgan fingerprint density at radius 2 is 1.94 bits per heavy atom. The van der Waals surface area contributed by atoms with Gasteiger partial charge in [-0.3, -0.25) is 9.59 Å². The average molecular weight is 458 g/mol. The lowest BCUT2D eigenvalue weighted by Gasteiger charge is -2.28. The Kier molecular flexibility index (Phi) is 6.57. The van der Waals surface area contributed by atoms with Crippen LogP contribution >= 0.6 is 0 Å². The summed E-state index contributed by atoms with van der Waals surface area (Å²) in [5.41, 5.74) is 0.918. The van der Waals surface area contributed by atoms with E-state index < -0.39 is 29.7 Å². The number of aryl methyl sites for hydroxylation is 1. The maximum atomic E-state index is 14.7. The number of carbonyl (C=O) groups is 3. The molecule has 1 heterocycles. The number of anilines is 1. The van der Waals surface area contributed by atoms with Gasteiger partial charge in [-0.05, 0) is 49.2 Å². The number of nitrogens with one attached hydrogen (secondary N) is 2. The Bertz CT molecular complexity index is 1100. The van der Waals surface area contributed by atoms with Crippen molar-refractivity contribution in [3.05, 3.63) is 58.7 Å². The van der Waals surface area contributed by atoms with Crippen LogP contribution in [0.15, 0.2) is 30.3 Å². The van der Waals surface area contributed by atoms with Gasteiger partial charge in [0.15, 0.2) is 0 Å². The molecule has 0 aromatic heterocycles. The van der Waals surface area contributed by atoms with Crippen LogP contribution in [0.25, 0.3) is 0 Å². The number of halogens is 2. The number of carbonyl (C=O) groups excluding carboxylic acids is 3. The van der Waals surface area contributed by atoms with Gasteiger partial charge in [-0.1, -0.05) is 0 Å². The molecule has 2 aliphatic rings. The van der Waals surface area contributed by atoms with Crippen molar-refractivity contribution in [2.24, 2.45) is 5.92 Å². The van der Waals surface area contributed by atoms with E-state index in [4.69, 9.17) is 9.47 Å². The molecule has 1 aliphatic heterocycles. The lowest BCUT2D eigenvalue weighted by Crippen LogP contribution is -2.34. The number of hydrogen-bond donors (Lipinski definition) is 2. The number of fused-ring (bicyclic) bond motifs is 1. The van der Waals surface area contributed by atoms with Crippen LogP contribution in [-0.4, -0.2) is 31.0 Å². The molecule has 33 heavy (non-hydrogen) atoms. The lowest BCUT2D eigenvalue weighted by molar-refractivity contribution is -0.117. The molecule has 2 amide bonds. The third-order valence-electron chi connectivity index (χ3n) is 5.89. The van der Waals surface area contributed by atoms with Crippen molar-refractivity contribution in [1.29, 1.82) is 0 Å². The van der Waals surface area contributed by atoms with Gasteiger partial charge in [0.25, 0.3) is 5.91 Å². The fraction of sp³-hybridized carbons (Fsp3) is 0.375. The van der Waals surface area contributed by atoms with Gasteiger partial charge in [-0.15, -0.1) is 0 Å². The van der Waals surface area contributed by atoms with Gasteiger partial charge in [0.2, 0.25) is 0 Å². The molecule has 0 saturated heterocycles. The number of hydrogen-bond acceptors (Lipinski definition) is 5. The number of amides is 2. The molecule has 4 rings (SSSR count). The predicted molar refractivity (Wildman–Crippen MR) is 115 cm³/mol. The van der Waals surface area contributed by atoms with E-state index in [0.717, 1.165) is 6.07 Å². The monoisotopic (exact) mass is 458 g/mol. The summed E-state index contributed by atoms with van der Waals surface area (Å²) in [7, 11) is 0. The summed E-state index contributed by atoms with van der Waals surface area (Å²) in [5, 5.41) is 5.30. The lowest BCUT2D eigenvalue weighted by atomic mass is 9.96. The fourth-order valence-corrected chi connectivity index (χ4v) is 4.13. The molecule has 2 aromatic rings. The summed E-state index contributed by atoms with van der Waals surface area (Å²) >= 11 is 0. The highest BCUT2D eigenvalue weighted by Crippen LogP contribution is 2.37. The van der Waals surface area contributed by atoms with E-state index in [1.54, 1.807) is 6.92 Å². The third kappa shape index (κ3) is 5.13. The van der Waals surface area contributed by atoms with Crippen LogP contribution < -0.4 is 15.4 Å². The van der Waals surface area contributed by atoms with Crippen molar-refractivity contribution in [1.82, 2.24) is 5.32 Å². The van der Waals surface area contributed by atoms with Gasteiger partial charge in [0.05, 0.1) is 30.4 Å². The molecular formula is C24H24F2N2O5. The maximum absolute atomic E-state index is 14.7. The largest absolute Gasteiger partial charge is 0.492 e. The van der Waals surface area contributed by atoms with E-state index in [9.17, 15) is 23.2 Å². The van der Waals surface area contributed by atoms with Gasteiger partial charge in [0, 0.05) is 30.9 Å². The second-order valence-corrected chi connectivity index (χ2v) is 8.34. The van der Waals surface area contributed by atoms with Crippen molar-refractivity contribution in [3.8, 4) is 5.75 Å². The molecule has 174 valence electrons. The van der Waals surface area contributed by atoms with Crippen molar-refractivity contribution in [2.45, 2.75) is 38.6 Å². The van der Waals surface area contributed by atoms with E-state index in [1.165, 1.54) is 24.3 Å². The molecule has 7 nitrogen and oxygen atoms in total. The zero-order valence-electron chi connectivity index (χ0n) is 18.1. The molecule has 1 fully saturated rings. The smallest absolute Gasteiger partial charge is 0.407 e. The molecule has 0 spiro atoms. The standard InChI is InChI=1S/C24H24F2N2O5/c1-13-10-15(3-6-18(13)25)27-23(30)17-5-7-19(26)21-20(8-9-32-22(17)21)28-24(31)33-12-14-2-4-16(29)11-14/h3,5-7,10,14,20H,2,4,8-9,11-12H2,1H3,(H,27,30)(H,28,31)/t14-,20+/m1/s1. The number of benzene rings is 2. The first kappa shape index (κ1) is 22.7. The Morgan fingerprint density at radius 1 is 1.15 bits per heavy atom. The van der Waals surface area contributed by atoms with Crippen LogP contribution in [-0.2, 0) is 9.53 Å². The van der Waals surface area contributed by atoms with Crippen molar-refractivity contribution in [2.75, 3.05) is 18.5 Å². The van der Waals surface area contributed by atoms with E-state index in [2.05, 4.69) is 10.6 Å². The summed E-state index contributed by atoms with van der Waals surface area (Å²) in [6.45, 7) is 1.86. The number of rotatable bonds is 5. The maximum Gasteiger partial charge on any atom is 0.407 e. The van der Waals surface area contributed by atoms with Crippen molar-refractivity contribution < 1.29 is 32.6 Å². The molecule has 0 radical (unpaired) electrons.